The van der Waals surface area contributed by atoms with Gasteiger partial charge in [-0.05, 0) is 32.1 Å². The van der Waals surface area contributed by atoms with Gasteiger partial charge >= 0.3 is 0 Å². The number of hydrogen-bond donors (Lipinski definition) is 1. The number of Topliss-reactive ketones (excluding diaryl/α,β-unsaturated/α-hetero) is 1. The summed E-state index contributed by atoms with van der Waals surface area (Å²) < 4.78 is 0. The SMILES string of the molecule is CN1CC[C@@H](C(=O)c2cccc(N)c2)C1. The smallest absolute Gasteiger partial charge is 0.167 e. The normalized spacial score (nSPS) is 21.8. The molecule has 1 heterocycles. The summed E-state index contributed by atoms with van der Waals surface area (Å²) in [4.78, 5) is 14.3. The first-order valence-electron chi connectivity index (χ1n) is 5.25. The molecule has 1 aromatic carbocycles. The van der Waals surface area contributed by atoms with Crippen molar-refractivity contribution in [2.24, 2.45) is 5.92 Å². The second kappa shape index (κ2) is 4.03. The highest BCUT2D eigenvalue weighted by molar-refractivity contribution is 5.98. The lowest BCUT2D eigenvalue weighted by atomic mass is 9.97. The van der Waals surface area contributed by atoms with Gasteiger partial charge in [-0.2, -0.15) is 0 Å². The summed E-state index contributed by atoms with van der Waals surface area (Å²) in [7, 11) is 2.05. The Balaban J connectivity index is 2.14. The van der Waals surface area contributed by atoms with Gasteiger partial charge in [-0.15, -0.1) is 0 Å². The number of nitrogens with zero attached hydrogens (tertiary/aromatic N) is 1. The standard InChI is InChI=1S/C12H16N2O/c1-14-6-5-10(8-14)12(15)9-3-2-4-11(13)7-9/h2-4,7,10H,5-6,8,13H2,1H3/t10-/m1/s1. The molecule has 0 aliphatic carbocycles. The number of nitrogen functional groups attached to an aromatic ring is 1. The Hall–Kier alpha value is -1.35. The molecule has 2 N–H and O–H groups in total. The van der Waals surface area contributed by atoms with E-state index in [1.165, 1.54) is 0 Å². The van der Waals surface area contributed by atoms with Crippen LogP contribution < -0.4 is 5.73 Å². The molecule has 15 heavy (non-hydrogen) atoms. The van der Waals surface area contributed by atoms with Gasteiger partial charge in [0.25, 0.3) is 0 Å². The van der Waals surface area contributed by atoms with Gasteiger partial charge in [-0.25, -0.2) is 0 Å². The minimum Gasteiger partial charge on any atom is -0.399 e. The lowest BCUT2D eigenvalue weighted by Crippen LogP contribution is -2.19. The molecule has 0 unspecified atom stereocenters. The number of benzene rings is 1. The van der Waals surface area contributed by atoms with Crippen LogP contribution in [0.4, 0.5) is 5.69 Å². The minimum absolute atomic E-state index is 0.150. The Morgan fingerprint density at radius 1 is 1.53 bits per heavy atom. The Kier molecular flexibility index (Phi) is 2.73. The van der Waals surface area contributed by atoms with Crippen molar-refractivity contribution in [1.29, 1.82) is 0 Å². The number of anilines is 1. The molecule has 3 heteroatoms. The van der Waals surface area contributed by atoms with Crippen molar-refractivity contribution >= 4 is 11.5 Å². The number of ketones is 1. The highest BCUT2D eigenvalue weighted by Gasteiger charge is 2.26. The van der Waals surface area contributed by atoms with Crippen LogP contribution in [0.1, 0.15) is 16.8 Å². The maximum Gasteiger partial charge on any atom is 0.167 e. The van der Waals surface area contributed by atoms with E-state index < -0.39 is 0 Å². The average molecular weight is 204 g/mol. The van der Waals surface area contributed by atoms with Crippen LogP contribution in [0.3, 0.4) is 0 Å². The molecule has 0 aromatic heterocycles. The van der Waals surface area contributed by atoms with Crippen molar-refractivity contribution in [2.45, 2.75) is 6.42 Å². The number of likely N-dealkylation sites (tertiary alicyclic amines) is 1. The Morgan fingerprint density at radius 2 is 2.33 bits per heavy atom. The van der Waals surface area contributed by atoms with E-state index in [2.05, 4.69) is 4.90 Å². The van der Waals surface area contributed by atoms with E-state index in [0.717, 1.165) is 25.1 Å². The molecule has 0 bridgehead atoms. The quantitative estimate of drug-likeness (QED) is 0.585. The average Bonchev–Trinajstić information content (AvgIpc) is 2.64. The summed E-state index contributed by atoms with van der Waals surface area (Å²) >= 11 is 0. The molecule has 0 saturated carbocycles. The molecule has 80 valence electrons. The Bertz CT molecular complexity index is 376. The van der Waals surface area contributed by atoms with Crippen LogP contribution in [0.5, 0.6) is 0 Å². The summed E-state index contributed by atoms with van der Waals surface area (Å²) in [5, 5.41) is 0. The van der Waals surface area contributed by atoms with Crippen LogP contribution >= 0.6 is 0 Å². The van der Waals surface area contributed by atoms with Gasteiger partial charge in [0.2, 0.25) is 0 Å². The van der Waals surface area contributed by atoms with Crippen LogP contribution in [-0.2, 0) is 0 Å². The zero-order valence-electron chi connectivity index (χ0n) is 8.94. The molecular formula is C12H16N2O. The van der Waals surface area contributed by atoms with E-state index in [9.17, 15) is 4.79 Å². The summed E-state index contributed by atoms with van der Waals surface area (Å²) in [6.07, 6.45) is 0.962. The van der Waals surface area contributed by atoms with E-state index in [4.69, 9.17) is 5.73 Å². The van der Waals surface area contributed by atoms with Crippen molar-refractivity contribution in [3.63, 3.8) is 0 Å². The molecule has 0 radical (unpaired) electrons. The van der Waals surface area contributed by atoms with E-state index in [0.29, 0.717) is 5.69 Å². The molecule has 1 aliphatic heterocycles. The van der Waals surface area contributed by atoms with Crippen LogP contribution in [0.2, 0.25) is 0 Å². The fourth-order valence-electron chi connectivity index (χ4n) is 2.08. The van der Waals surface area contributed by atoms with E-state index in [-0.39, 0.29) is 11.7 Å². The van der Waals surface area contributed by atoms with Gasteiger partial charge in [0.15, 0.2) is 5.78 Å². The van der Waals surface area contributed by atoms with Crippen LogP contribution in [0.25, 0.3) is 0 Å². The van der Waals surface area contributed by atoms with Gasteiger partial charge in [0.1, 0.15) is 0 Å². The first kappa shape index (κ1) is 10.2. The molecule has 1 aliphatic rings. The first-order valence-corrected chi connectivity index (χ1v) is 5.25. The lowest BCUT2D eigenvalue weighted by Gasteiger charge is -2.09. The number of carbonyl (C=O) groups is 1. The molecule has 1 fully saturated rings. The van der Waals surface area contributed by atoms with E-state index >= 15 is 0 Å². The van der Waals surface area contributed by atoms with Crippen LogP contribution in [-0.4, -0.2) is 30.8 Å². The predicted molar refractivity (Wildman–Crippen MR) is 60.8 cm³/mol. The molecule has 1 aromatic rings. The number of carbonyl (C=O) groups excluding carboxylic acids is 1. The van der Waals surface area contributed by atoms with E-state index in [1.54, 1.807) is 12.1 Å². The largest absolute Gasteiger partial charge is 0.399 e. The lowest BCUT2D eigenvalue weighted by molar-refractivity contribution is 0.0924. The highest BCUT2D eigenvalue weighted by atomic mass is 16.1. The van der Waals surface area contributed by atoms with Gasteiger partial charge < -0.3 is 10.6 Å². The highest BCUT2D eigenvalue weighted by Crippen LogP contribution is 2.20. The fourth-order valence-corrected chi connectivity index (χ4v) is 2.08. The third kappa shape index (κ3) is 2.18. The Labute approximate surface area is 89.9 Å². The number of nitrogens with two attached hydrogens (primary N) is 1. The topological polar surface area (TPSA) is 46.3 Å². The van der Waals surface area contributed by atoms with Crippen molar-refractivity contribution in [2.75, 3.05) is 25.9 Å². The minimum atomic E-state index is 0.150. The maximum atomic E-state index is 12.1. The zero-order valence-corrected chi connectivity index (χ0v) is 8.94. The summed E-state index contributed by atoms with van der Waals surface area (Å²) in [6.45, 7) is 1.88. The van der Waals surface area contributed by atoms with E-state index in [1.807, 2.05) is 19.2 Å². The van der Waals surface area contributed by atoms with Gasteiger partial charge in [0, 0.05) is 23.7 Å². The zero-order chi connectivity index (χ0) is 10.8. The molecule has 1 atom stereocenters. The first-order chi connectivity index (χ1) is 7.16. The van der Waals surface area contributed by atoms with Crippen LogP contribution in [0, 0.1) is 5.92 Å². The van der Waals surface area contributed by atoms with Gasteiger partial charge in [0.05, 0.1) is 0 Å². The number of hydrogen-bond acceptors (Lipinski definition) is 3. The number of rotatable bonds is 2. The second-order valence-electron chi connectivity index (χ2n) is 4.24. The fraction of sp³-hybridized carbons (Fsp3) is 0.417. The summed E-state index contributed by atoms with van der Waals surface area (Å²) in [5.74, 6) is 0.378. The third-order valence-corrected chi connectivity index (χ3v) is 2.93. The molecule has 1 saturated heterocycles. The summed E-state index contributed by atoms with van der Waals surface area (Å²) in [6, 6.07) is 7.25. The molecule has 0 amide bonds. The van der Waals surface area contributed by atoms with Crippen LogP contribution in [0.15, 0.2) is 24.3 Å². The molecule has 2 rings (SSSR count). The molecule has 3 nitrogen and oxygen atoms in total. The maximum absolute atomic E-state index is 12.1. The Morgan fingerprint density at radius 3 is 2.93 bits per heavy atom. The van der Waals surface area contributed by atoms with Gasteiger partial charge in [-0.3, -0.25) is 4.79 Å². The van der Waals surface area contributed by atoms with Crippen molar-refractivity contribution in [1.82, 2.24) is 4.90 Å². The molecular weight excluding hydrogens is 188 g/mol. The van der Waals surface area contributed by atoms with Crippen molar-refractivity contribution in [3.8, 4) is 0 Å². The monoisotopic (exact) mass is 204 g/mol. The summed E-state index contributed by atoms with van der Waals surface area (Å²) in [5.41, 5.74) is 7.06. The second-order valence-corrected chi connectivity index (χ2v) is 4.24. The third-order valence-electron chi connectivity index (χ3n) is 2.93. The van der Waals surface area contributed by atoms with Crippen molar-refractivity contribution in [3.05, 3.63) is 29.8 Å². The molecule has 0 spiro atoms. The van der Waals surface area contributed by atoms with Gasteiger partial charge in [-0.1, -0.05) is 12.1 Å². The predicted octanol–water partition coefficient (Wildman–Crippen LogP) is 1.40. The van der Waals surface area contributed by atoms with Crippen molar-refractivity contribution < 1.29 is 4.79 Å².